The molecule has 21 heavy (non-hydrogen) atoms. The number of halogens is 2. The SMILES string of the molecule is CCCn1ncnc1COc1c(F)cc(C(=O)O)cc1F. The van der Waals surface area contributed by atoms with Gasteiger partial charge in [-0.2, -0.15) is 5.10 Å². The standard InChI is InChI=1S/C13H13F2N3O3/c1-2-3-18-11(16-7-17-18)6-21-12-9(14)4-8(13(19)20)5-10(12)15/h4-5,7H,2-3,6H2,1H3,(H,19,20). The summed E-state index contributed by atoms with van der Waals surface area (Å²) in [6, 6.07) is 1.41. The van der Waals surface area contributed by atoms with Crippen LogP contribution in [0.1, 0.15) is 29.5 Å². The fourth-order valence-electron chi connectivity index (χ4n) is 1.76. The summed E-state index contributed by atoms with van der Waals surface area (Å²) < 4.78 is 34.0. The van der Waals surface area contributed by atoms with Gasteiger partial charge in [0.25, 0.3) is 0 Å². The van der Waals surface area contributed by atoms with Gasteiger partial charge < -0.3 is 9.84 Å². The van der Waals surface area contributed by atoms with Crippen molar-refractivity contribution in [2.45, 2.75) is 26.5 Å². The van der Waals surface area contributed by atoms with E-state index in [-0.39, 0.29) is 6.61 Å². The Kier molecular flexibility index (Phi) is 4.46. The van der Waals surface area contributed by atoms with E-state index in [0.717, 1.165) is 6.42 Å². The molecule has 0 saturated carbocycles. The zero-order chi connectivity index (χ0) is 15.4. The van der Waals surface area contributed by atoms with Gasteiger partial charge in [0.15, 0.2) is 23.2 Å². The Morgan fingerprint density at radius 3 is 2.62 bits per heavy atom. The zero-order valence-electron chi connectivity index (χ0n) is 11.2. The van der Waals surface area contributed by atoms with Crippen molar-refractivity contribution in [3.8, 4) is 5.75 Å². The number of carboxylic acids is 1. The second-order valence-corrected chi connectivity index (χ2v) is 4.26. The minimum Gasteiger partial charge on any atom is -0.479 e. The van der Waals surface area contributed by atoms with E-state index in [1.54, 1.807) is 4.68 Å². The van der Waals surface area contributed by atoms with E-state index in [2.05, 4.69) is 10.1 Å². The molecule has 112 valence electrons. The second-order valence-electron chi connectivity index (χ2n) is 4.26. The molecule has 8 heteroatoms. The van der Waals surface area contributed by atoms with E-state index in [1.807, 2.05) is 6.92 Å². The number of nitrogens with zero attached hydrogens (tertiary/aromatic N) is 3. The minimum absolute atomic E-state index is 0.166. The molecule has 0 unspecified atom stereocenters. The smallest absolute Gasteiger partial charge is 0.335 e. The Morgan fingerprint density at radius 2 is 2.05 bits per heavy atom. The molecule has 2 aromatic rings. The third kappa shape index (κ3) is 3.33. The fraction of sp³-hybridized carbons (Fsp3) is 0.308. The van der Waals surface area contributed by atoms with Gasteiger partial charge >= 0.3 is 5.97 Å². The third-order valence-electron chi connectivity index (χ3n) is 2.72. The molecule has 0 bridgehead atoms. The van der Waals surface area contributed by atoms with Crippen molar-refractivity contribution in [1.82, 2.24) is 14.8 Å². The highest BCUT2D eigenvalue weighted by molar-refractivity contribution is 5.87. The van der Waals surface area contributed by atoms with Crippen LogP contribution in [0.3, 0.4) is 0 Å². The number of hydrogen-bond acceptors (Lipinski definition) is 4. The van der Waals surface area contributed by atoms with Gasteiger partial charge in [-0.25, -0.2) is 23.2 Å². The summed E-state index contributed by atoms with van der Waals surface area (Å²) in [6.45, 7) is 2.40. The van der Waals surface area contributed by atoms with Crippen LogP contribution < -0.4 is 4.74 Å². The van der Waals surface area contributed by atoms with Crippen molar-refractivity contribution >= 4 is 5.97 Å². The first kappa shape index (κ1) is 14.9. The molecule has 0 spiro atoms. The summed E-state index contributed by atoms with van der Waals surface area (Å²) in [4.78, 5) is 14.6. The summed E-state index contributed by atoms with van der Waals surface area (Å²) in [5.41, 5.74) is -0.480. The largest absolute Gasteiger partial charge is 0.479 e. The lowest BCUT2D eigenvalue weighted by Crippen LogP contribution is -2.10. The number of hydrogen-bond donors (Lipinski definition) is 1. The number of aromatic carboxylic acids is 1. The molecule has 1 heterocycles. The molecule has 0 aliphatic heterocycles. The van der Waals surface area contributed by atoms with Gasteiger partial charge in [0, 0.05) is 6.54 Å². The molecule has 6 nitrogen and oxygen atoms in total. The van der Waals surface area contributed by atoms with Crippen LogP contribution in [0.5, 0.6) is 5.75 Å². The van der Waals surface area contributed by atoms with Crippen molar-refractivity contribution in [1.29, 1.82) is 0 Å². The lowest BCUT2D eigenvalue weighted by molar-refractivity contribution is 0.0695. The van der Waals surface area contributed by atoms with Gasteiger partial charge in [-0.3, -0.25) is 0 Å². The van der Waals surface area contributed by atoms with Gasteiger partial charge in [-0.05, 0) is 18.6 Å². The van der Waals surface area contributed by atoms with Crippen molar-refractivity contribution < 1.29 is 23.4 Å². The Bertz CT molecular complexity index is 635. The normalized spacial score (nSPS) is 10.6. The molecule has 0 amide bonds. The van der Waals surface area contributed by atoms with Gasteiger partial charge in [-0.1, -0.05) is 6.92 Å². The Hall–Kier alpha value is -2.51. The average Bonchev–Trinajstić information content (AvgIpc) is 2.85. The van der Waals surface area contributed by atoms with Crippen molar-refractivity contribution in [3.05, 3.63) is 41.5 Å². The van der Waals surface area contributed by atoms with Gasteiger partial charge in [0.1, 0.15) is 12.9 Å². The highest BCUT2D eigenvalue weighted by Gasteiger charge is 2.17. The lowest BCUT2D eigenvalue weighted by atomic mass is 10.2. The number of benzene rings is 1. The summed E-state index contributed by atoms with van der Waals surface area (Å²) in [5, 5.41) is 12.7. The number of rotatable bonds is 6. The lowest BCUT2D eigenvalue weighted by Gasteiger charge is -2.09. The summed E-state index contributed by atoms with van der Waals surface area (Å²) in [6.07, 6.45) is 2.15. The number of ether oxygens (including phenoxy) is 1. The van der Waals surface area contributed by atoms with E-state index in [1.165, 1.54) is 6.33 Å². The third-order valence-corrected chi connectivity index (χ3v) is 2.72. The van der Waals surface area contributed by atoms with Crippen LogP contribution in [0, 0.1) is 11.6 Å². The topological polar surface area (TPSA) is 77.2 Å². The van der Waals surface area contributed by atoms with Crippen molar-refractivity contribution in [3.63, 3.8) is 0 Å². The maximum absolute atomic E-state index is 13.7. The fourth-order valence-corrected chi connectivity index (χ4v) is 1.76. The summed E-state index contributed by atoms with van der Waals surface area (Å²) >= 11 is 0. The number of carbonyl (C=O) groups is 1. The van der Waals surface area contributed by atoms with Crippen LogP contribution in [0.4, 0.5) is 8.78 Å². The highest BCUT2D eigenvalue weighted by Crippen LogP contribution is 2.24. The van der Waals surface area contributed by atoms with Crippen molar-refractivity contribution in [2.24, 2.45) is 0 Å². The molecule has 0 aliphatic rings. The number of carboxylic acid groups (broad SMARTS) is 1. The molecular formula is C13H13F2N3O3. The zero-order valence-corrected chi connectivity index (χ0v) is 11.2. The monoisotopic (exact) mass is 297 g/mol. The van der Waals surface area contributed by atoms with Gasteiger partial charge in [0.2, 0.25) is 0 Å². The predicted molar refractivity (Wildman–Crippen MR) is 68.0 cm³/mol. The predicted octanol–water partition coefficient (Wildman–Crippen LogP) is 2.24. The Balaban J connectivity index is 2.16. The van der Waals surface area contributed by atoms with Crippen LogP contribution in [0.2, 0.25) is 0 Å². The summed E-state index contributed by atoms with van der Waals surface area (Å²) in [5.74, 6) is -3.77. The molecule has 0 radical (unpaired) electrons. The first-order chi connectivity index (χ1) is 10.0. The second kappa shape index (κ2) is 6.29. The highest BCUT2D eigenvalue weighted by atomic mass is 19.1. The first-order valence-corrected chi connectivity index (χ1v) is 6.24. The van der Waals surface area contributed by atoms with E-state index in [0.29, 0.717) is 24.5 Å². The molecule has 1 aromatic carbocycles. The molecule has 1 aromatic heterocycles. The van der Waals surface area contributed by atoms with E-state index in [9.17, 15) is 13.6 Å². The van der Waals surface area contributed by atoms with E-state index in [4.69, 9.17) is 9.84 Å². The maximum atomic E-state index is 13.7. The minimum atomic E-state index is -1.41. The van der Waals surface area contributed by atoms with E-state index < -0.39 is 28.9 Å². The quantitative estimate of drug-likeness (QED) is 0.884. The van der Waals surface area contributed by atoms with Crippen LogP contribution in [0.25, 0.3) is 0 Å². The van der Waals surface area contributed by atoms with Crippen LogP contribution >= 0.6 is 0 Å². The Morgan fingerprint density at radius 1 is 1.38 bits per heavy atom. The molecular weight excluding hydrogens is 284 g/mol. The average molecular weight is 297 g/mol. The van der Waals surface area contributed by atoms with Gasteiger partial charge in [-0.15, -0.1) is 0 Å². The first-order valence-electron chi connectivity index (χ1n) is 6.24. The van der Waals surface area contributed by atoms with Gasteiger partial charge in [0.05, 0.1) is 5.56 Å². The molecule has 1 N–H and O–H groups in total. The van der Waals surface area contributed by atoms with Crippen molar-refractivity contribution in [2.75, 3.05) is 0 Å². The van der Waals surface area contributed by atoms with Crippen LogP contribution in [-0.2, 0) is 13.2 Å². The van der Waals surface area contributed by atoms with Crippen LogP contribution in [0.15, 0.2) is 18.5 Å². The maximum Gasteiger partial charge on any atom is 0.335 e. The molecule has 0 fully saturated rings. The molecule has 0 aliphatic carbocycles. The molecule has 0 atom stereocenters. The molecule has 2 rings (SSSR count). The number of aromatic nitrogens is 3. The summed E-state index contributed by atoms with van der Waals surface area (Å²) in [7, 11) is 0. The molecule has 0 saturated heterocycles. The Labute approximate surface area is 119 Å². The van der Waals surface area contributed by atoms with E-state index >= 15 is 0 Å². The van der Waals surface area contributed by atoms with Crippen LogP contribution in [-0.4, -0.2) is 25.8 Å². The number of aryl methyl sites for hydroxylation is 1.